The number of halogens is 1. The molecule has 1 nitrogen and oxygen atoms in total. The van der Waals surface area contributed by atoms with Crippen molar-refractivity contribution in [1.82, 2.24) is 0 Å². The molecule has 116 valence electrons. The summed E-state index contributed by atoms with van der Waals surface area (Å²) in [5.74, 6) is 0. The predicted octanol–water partition coefficient (Wildman–Crippen LogP) is 6.91. The van der Waals surface area contributed by atoms with Crippen molar-refractivity contribution < 1.29 is 0 Å². The Kier molecular flexibility index (Phi) is 4.22. The molecule has 0 spiro atoms. The van der Waals surface area contributed by atoms with Gasteiger partial charge in [0, 0.05) is 20.6 Å². The van der Waals surface area contributed by atoms with E-state index in [9.17, 15) is 0 Å². The number of anilines is 3. The SMILES string of the molecule is Ic1ccc(N(c2ccccc2)c2ccc3ccccc3c2)cc1. The molecule has 0 fully saturated rings. The lowest BCUT2D eigenvalue weighted by molar-refractivity contribution is 1.29. The largest absolute Gasteiger partial charge is 0.310 e. The molecule has 0 bridgehead atoms. The average molecular weight is 421 g/mol. The molecule has 0 aliphatic heterocycles. The van der Waals surface area contributed by atoms with E-state index in [0.29, 0.717) is 0 Å². The highest BCUT2D eigenvalue weighted by molar-refractivity contribution is 14.1. The summed E-state index contributed by atoms with van der Waals surface area (Å²) in [5, 5.41) is 2.51. The Labute approximate surface area is 155 Å². The van der Waals surface area contributed by atoms with Gasteiger partial charge in [0.05, 0.1) is 0 Å². The Balaban J connectivity index is 1.89. The van der Waals surface area contributed by atoms with Crippen molar-refractivity contribution in [3.63, 3.8) is 0 Å². The van der Waals surface area contributed by atoms with Crippen LogP contribution in [0.25, 0.3) is 10.8 Å². The molecule has 4 rings (SSSR count). The fraction of sp³-hybridized carbons (Fsp3) is 0. The molecular weight excluding hydrogens is 405 g/mol. The van der Waals surface area contributed by atoms with Crippen molar-refractivity contribution in [2.24, 2.45) is 0 Å². The zero-order valence-electron chi connectivity index (χ0n) is 13.1. The second-order valence-electron chi connectivity index (χ2n) is 5.68. The molecule has 0 N–H and O–H groups in total. The highest BCUT2D eigenvalue weighted by atomic mass is 127. The van der Waals surface area contributed by atoms with E-state index in [4.69, 9.17) is 0 Å². The monoisotopic (exact) mass is 421 g/mol. The predicted molar refractivity (Wildman–Crippen MR) is 111 cm³/mol. The molecule has 0 saturated heterocycles. The van der Waals surface area contributed by atoms with E-state index in [-0.39, 0.29) is 0 Å². The summed E-state index contributed by atoms with van der Waals surface area (Å²) < 4.78 is 1.24. The Hall–Kier alpha value is -2.33. The van der Waals surface area contributed by atoms with E-state index >= 15 is 0 Å². The van der Waals surface area contributed by atoms with E-state index in [2.05, 4.69) is 125 Å². The van der Waals surface area contributed by atoms with Gasteiger partial charge in [-0.15, -0.1) is 0 Å². The third-order valence-corrected chi connectivity index (χ3v) is 4.81. The van der Waals surface area contributed by atoms with Gasteiger partial charge in [0.1, 0.15) is 0 Å². The fourth-order valence-corrected chi connectivity index (χ4v) is 3.29. The molecule has 0 radical (unpaired) electrons. The van der Waals surface area contributed by atoms with Crippen molar-refractivity contribution in [1.29, 1.82) is 0 Å². The van der Waals surface area contributed by atoms with Crippen LogP contribution in [0.15, 0.2) is 97.1 Å². The van der Waals surface area contributed by atoms with Gasteiger partial charge in [-0.25, -0.2) is 0 Å². The van der Waals surface area contributed by atoms with E-state index < -0.39 is 0 Å². The first-order valence-corrected chi connectivity index (χ1v) is 8.99. The number of para-hydroxylation sites is 1. The third-order valence-electron chi connectivity index (χ3n) is 4.09. The van der Waals surface area contributed by atoms with Crippen LogP contribution in [0.1, 0.15) is 0 Å². The summed E-state index contributed by atoms with van der Waals surface area (Å²) in [4.78, 5) is 2.29. The minimum atomic E-state index is 1.16. The molecule has 0 heterocycles. The second-order valence-corrected chi connectivity index (χ2v) is 6.92. The summed E-state index contributed by atoms with van der Waals surface area (Å²) in [7, 11) is 0. The molecule has 0 amide bonds. The van der Waals surface area contributed by atoms with E-state index in [1.54, 1.807) is 0 Å². The Morgan fingerprint density at radius 1 is 0.500 bits per heavy atom. The van der Waals surface area contributed by atoms with Gasteiger partial charge in [-0.1, -0.05) is 48.5 Å². The van der Waals surface area contributed by atoms with Crippen LogP contribution in [0.2, 0.25) is 0 Å². The molecule has 0 aliphatic rings. The molecule has 0 aromatic heterocycles. The summed E-state index contributed by atoms with van der Waals surface area (Å²) in [6, 6.07) is 34.2. The number of hydrogen-bond donors (Lipinski definition) is 0. The van der Waals surface area contributed by atoms with Crippen molar-refractivity contribution >= 4 is 50.4 Å². The first-order valence-electron chi connectivity index (χ1n) is 7.91. The maximum absolute atomic E-state index is 2.34. The molecule has 4 aromatic carbocycles. The van der Waals surface area contributed by atoms with Crippen LogP contribution in [-0.4, -0.2) is 0 Å². The lowest BCUT2D eigenvalue weighted by Crippen LogP contribution is -2.09. The third kappa shape index (κ3) is 3.02. The number of benzene rings is 4. The van der Waals surface area contributed by atoms with Crippen molar-refractivity contribution in [3.8, 4) is 0 Å². The van der Waals surface area contributed by atoms with Gasteiger partial charge < -0.3 is 4.90 Å². The van der Waals surface area contributed by atoms with Crippen LogP contribution in [0, 0.1) is 3.57 Å². The zero-order valence-corrected chi connectivity index (χ0v) is 15.2. The van der Waals surface area contributed by atoms with Gasteiger partial charge >= 0.3 is 0 Å². The number of rotatable bonds is 3. The summed E-state index contributed by atoms with van der Waals surface area (Å²) >= 11 is 2.34. The van der Waals surface area contributed by atoms with Gasteiger partial charge in [0.25, 0.3) is 0 Å². The molecule has 4 aromatic rings. The topological polar surface area (TPSA) is 3.24 Å². The first-order chi connectivity index (χ1) is 11.8. The van der Waals surface area contributed by atoms with Crippen LogP contribution in [0.4, 0.5) is 17.1 Å². The highest BCUT2D eigenvalue weighted by Gasteiger charge is 2.12. The second kappa shape index (κ2) is 6.65. The number of hydrogen-bond acceptors (Lipinski definition) is 1. The lowest BCUT2D eigenvalue weighted by atomic mass is 10.1. The quantitative estimate of drug-likeness (QED) is 0.325. The number of fused-ring (bicyclic) bond motifs is 1. The smallest absolute Gasteiger partial charge is 0.0468 e. The average Bonchev–Trinajstić information content (AvgIpc) is 2.64. The molecular formula is C22H16IN. The van der Waals surface area contributed by atoms with Gasteiger partial charge in [0.2, 0.25) is 0 Å². The fourth-order valence-electron chi connectivity index (χ4n) is 2.93. The maximum Gasteiger partial charge on any atom is 0.0468 e. The summed E-state index contributed by atoms with van der Waals surface area (Å²) in [5.41, 5.74) is 3.49. The van der Waals surface area contributed by atoms with Gasteiger partial charge in [-0.2, -0.15) is 0 Å². The Morgan fingerprint density at radius 3 is 1.83 bits per heavy atom. The first kappa shape index (κ1) is 15.2. The standard InChI is InChI=1S/C22H16IN/c23-19-11-14-21(15-12-19)24(20-8-2-1-3-9-20)22-13-10-17-6-4-5-7-18(17)16-22/h1-16H. The van der Waals surface area contributed by atoms with E-state index in [1.807, 2.05) is 0 Å². The Morgan fingerprint density at radius 2 is 1.08 bits per heavy atom. The maximum atomic E-state index is 2.34. The summed E-state index contributed by atoms with van der Waals surface area (Å²) in [6.07, 6.45) is 0. The molecule has 24 heavy (non-hydrogen) atoms. The van der Waals surface area contributed by atoms with Crippen LogP contribution in [0.3, 0.4) is 0 Å². The molecule has 0 aliphatic carbocycles. The molecule has 0 unspecified atom stereocenters. The van der Waals surface area contributed by atoms with E-state index in [1.165, 1.54) is 20.0 Å². The van der Waals surface area contributed by atoms with Crippen LogP contribution >= 0.6 is 22.6 Å². The van der Waals surface area contributed by atoms with E-state index in [0.717, 1.165) is 11.4 Å². The molecule has 2 heteroatoms. The Bertz CT molecular complexity index is 962. The highest BCUT2D eigenvalue weighted by Crippen LogP contribution is 2.35. The molecule has 0 atom stereocenters. The van der Waals surface area contributed by atoms with Gasteiger partial charge in [0.15, 0.2) is 0 Å². The van der Waals surface area contributed by atoms with Crippen LogP contribution in [0.5, 0.6) is 0 Å². The van der Waals surface area contributed by atoms with Gasteiger partial charge in [-0.3, -0.25) is 0 Å². The van der Waals surface area contributed by atoms with Crippen LogP contribution in [-0.2, 0) is 0 Å². The van der Waals surface area contributed by atoms with Crippen molar-refractivity contribution in [2.75, 3.05) is 4.90 Å². The van der Waals surface area contributed by atoms with Crippen molar-refractivity contribution in [2.45, 2.75) is 0 Å². The zero-order chi connectivity index (χ0) is 16.4. The summed E-state index contributed by atoms with van der Waals surface area (Å²) in [6.45, 7) is 0. The van der Waals surface area contributed by atoms with Gasteiger partial charge in [-0.05, 0) is 81.9 Å². The normalized spacial score (nSPS) is 10.7. The minimum Gasteiger partial charge on any atom is -0.310 e. The molecule has 0 saturated carbocycles. The van der Waals surface area contributed by atoms with Crippen molar-refractivity contribution in [3.05, 3.63) is 101 Å². The van der Waals surface area contributed by atoms with Crippen LogP contribution < -0.4 is 4.90 Å². The number of nitrogens with zero attached hydrogens (tertiary/aromatic N) is 1. The minimum absolute atomic E-state index is 1.16. The lowest BCUT2D eigenvalue weighted by Gasteiger charge is -2.25.